The summed E-state index contributed by atoms with van der Waals surface area (Å²) in [7, 11) is 0. The second-order valence-electron chi connectivity index (χ2n) is 6.33. The van der Waals surface area contributed by atoms with Crippen LogP contribution in [0.2, 0.25) is 0 Å². The summed E-state index contributed by atoms with van der Waals surface area (Å²) in [6.45, 7) is 4.51. The van der Waals surface area contributed by atoms with Crippen molar-refractivity contribution in [1.82, 2.24) is 14.9 Å². The maximum absolute atomic E-state index is 12.6. The first kappa shape index (κ1) is 17.5. The number of carbonyl (C=O) groups excluding carboxylic acids is 1. The highest BCUT2D eigenvalue weighted by molar-refractivity contribution is 7.99. The van der Waals surface area contributed by atoms with Gasteiger partial charge in [-0.1, -0.05) is 29.3 Å². The van der Waals surface area contributed by atoms with Crippen LogP contribution < -0.4 is 0 Å². The summed E-state index contributed by atoms with van der Waals surface area (Å²) in [6, 6.07) is 5.35. The van der Waals surface area contributed by atoms with Crippen molar-refractivity contribution in [2.24, 2.45) is 0 Å². The first-order valence-corrected chi connectivity index (χ1v) is 9.30. The molecule has 7 heteroatoms. The molecule has 0 spiro atoms. The summed E-state index contributed by atoms with van der Waals surface area (Å²) in [5.41, 5.74) is 4.84. The van der Waals surface area contributed by atoms with Crippen LogP contribution in [0, 0.1) is 13.8 Å². The van der Waals surface area contributed by atoms with Crippen molar-refractivity contribution in [2.75, 3.05) is 12.3 Å². The minimum atomic E-state index is -1.04. The molecule has 1 aliphatic rings. The van der Waals surface area contributed by atoms with E-state index in [1.165, 1.54) is 39.7 Å². The first-order chi connectivity index (χ1) is 12.0. The summed E-state index contributed by atoms with van der Waals surface area (Å²) >= 11 is 1.51. The maximum Gasteiger partial charge on any atom is 0.332 e. The Morgan fingerprint density at radius 3 is 2.72 bits per heavy atom. The summed E-state index contributed by atoms with van der Waals surface area (Å²) in [5.74, 6) is -0.208. The molecule has 1 aromatic heterocycles. The lowest BCUT2D eigenvalue weighted by Crippen LogP contribution is -2.44. The zero-order chi connectivity index (χ0) is 18.0. The molecule has 132 valence electrons. The van der Waals surface area contributed by atoms with Gasteiger partial charge in [0, 0.05) is 24.4 Å². The Bertz CT molecular complexity index is 782. The van der Waals surface area contributed by atoms with Crippen molar-refractivity contribution in [3.63, 3.8) is 0 Å². The molecule has 2 N–H and O–H groups in total. The number of hydrogen-bond donors (Lipinski definition) is 2. The molecule has 1 atom stereocenters. The van der Waals surface area contributed by atoms with Gasteiger partial charge in [-0.3, -0.25) is 4.79 Å². The monoisotopic (exact) mass is 359 g/mol. The van der Waals surface area contributed by atoms with Gasteiger partial charge in [-0.2, -0.15) is 0 Å². The number of thioether (sulfide) groups is 1. The second-order valence-corrected chi connectivity index (χ2v) is 7.32. The number of aromatic amines is 1. The number of hydrogen-bond acceptors (Lipinski definition) is 4. The molecule has 1 unspecified atom stereocenters. The summed E-state index contributed by atoms with van der Waals surface area (Å²) in [6.07, 6.45) is 2.09. The van der Waals surface area contributed by atoms with Crippen molar-refractivity contribution >= 4 is 23.6 Å². The van der Waals surface area contributed by atoms with Crippen LogP contribution >= 0.6 is 11.8 Å². The average molecular weight is 359 g/mol. The number of fused-ring (bicyclic) bond motifs is 1. The van der Waals surface area contributed by atoms with Crippen LogP contribution in [0.25, 0.3) is 0 Å². The van der Waals surface area contributed by atoms with E-state index in [0.29, 0.717) is 18.7 Å². The van der Waals surface area contributed by atoms with Gasteiger partial charge in [-0.05, 0) is 19.4 Å². The quantitative estimate of drug-likeness (QED) is 0.856. The van der Waals surface area contributed by atoms with Crippen molar-refractivity contribution in [2.45, 2.75) is 32.1 Å². The van der Waals surface area contributed by atoms with Gasteiger partial charge < -0.3 is 15.0 Å². The molecule has 3 rings (SSSR count). The Hall–Kier alpha value is -2.28. The zero-order valence-corrected chi connectivity index (χ0v) is 15.1. The average Bonchev–Trinajstić information content (AvgIpc) is 3.01. The molecule has 1 amide bonds. The standard InChI is InChI=1S/C18H21N3O3S/c1-11-5-12(2)7-13(6-11)8-25-9-15(22)21-4-3-14-16(20-10-19-14)17(21)18(23)24/h5-7,10,17H,3-4,8-9H2,1-2H3,(H,19,20)(H,23,24). The molecular weight excluding hydrogens is 338 g/mol. The first-order valence-electron chi connectivity index (χ1n) is 8.15. The van der Waals surface area contributed by atoms with Gasteiger partial charge in [0.25, 0.3) is 0 Å². The topological polar surface area (TPSA) is 86.3 Å². The fourth-order valence-electron chi connectivity index (χ4n) is 3.29. The van der Waals surface area contributed by atoms with E-state index < -0.39 is 12.0 Å². The third-order valence-corrected chi connectivity index (χ3v) is 5.24. The number of amides is 1. The minimum Gasteiger partial charge on any atom is -0.479 e. The van der Waals surface area contributed by atoms with E-state index in [2.05, 4.69) is 42.0 Å². The fraction of sp³-hybridized carbons (Fsp3) is 0.389. The van der Waals surface area contributed by atoms with Gasteiger partial charge in [0.05, 0.1) is 17.8 Å². The van der Waals surface area contributed by atoms with Gasteiger partial charge in [0.2, 0.25) is 5.91 Å². The van der Waals surface area contributed by atoms with Crippen LogP contribution in [-0.4, -0.2) is 44.1 Å². The fourth-order valence-corrected chi connectivity index (χ4v) is 4.13. The van der Waals surface area contributed by atoms with E-state index in [1.807, 2.05) is 0 Å². The molecule has 0 bridgehead atoms. The normalized spacial score (nSPS) is 16.6. The Kier molecular flexibility index (Phi) is 5.13. The van der Waals surface area contributed by atoms with Gasteiger partial charge in [-0.25, -0.2) is 9.78 Å². The number of carboxylic acid groups (broad SMARTS) is 1. The summed E-state index contributed by atoms with van der Waals surface area (Å²) in [5, 5.41) is 9.53. The van der Waals surface area contributed by atoms with E-state index in [-0.39, 0.29) is 11.7 Å². The number of carboxylic acids is 1. The molecular formula is C18H21N3O3S. The SMILES string of the molecule is Cc1cc(C)cc(CSCC(=O)N2CCc3[nH]cnc3C2C(=O)O)c1. The van der Waals surface area contributed by atoms with E-state index in [9.17, 15) is 14.7 Å². The van der Waals surface area contributed by atoms with E-state index in [4.69, 9.17) is 0 Å². The molecule has 6 nitrogen and oxygen atoms in total. The molecule has 0 aliphatic carbocycles. The molecule has 1 aliphatic heterocycles. The van der Waals surface area contributed by atoms with Crippen LogP contribution in [0.1, 0.15) is 34.1 Å². The zero-order valence-electron chi connectivity index (χ0n) is 14.3. The third kappa shape index (κ3) is 3.87. The lowest BCUT2D eigenvalue weighted by Gasteiger charge is -2.32. The Balaban J connectivity index is 1.63. The Labute approximate surface area is 150 Å². The number of nitrogens with zero attached hydrogens (tertiary/aromatic N) is 2. The van der Waals surface area contributed by atoms with Gasteiger partial charge >= 0.3 is 5.97 Å². The lowest BCUT2D eigenvalue weighted by molar-refractivity contribution is -0.150. The lowest BCUT2D eigenvalue weighted by atomic mass is 10.0. The van der Waals surface area contributed by atoms with Crippen LogP contribution in [0.4, 0.5) is 0 Å². The number of aliphatic carboxylic acids is 1. The number of imidazole rings is 1. The molecule has 0 saturated carbocycles. The number of aromatic nitrogens is 2. The van der Waals surface area contributed by atoms with Gasteiger partial charge in [-0.15, -0.1) is 11.8 Å². The number of H-pyrrole nitrogens is 1. The minimum absolute atomic E-state index is 0.157. The molecule has 0 saturated heterocycles. The van der Waals surface area contributed by atoms with Crippen LogP contribution in [0.3, 0.4) is 0 Å². The highest BCUT2D eigenvalue weighted by Gasteiger charge is 2.37. The third-order valence-electron chi connectivity index (χ3n) is 4.25. The predicted molar refractivity (Wildman–Crippen MR) is 96.5 cm³/mol. The van der Waals surface area contributed by atoms with Gasteiger partial charge in [0.1, 0.15) is 0 Å². The largest absolute Gasteiger partial charge is 0.479 e. The Morgan fingerprint density at radius 1 is 1.32 bits per heavy atom. The highest BCUT2D eigenvalue weighted by Crippen LogP contribution is 2.28. The molecule has 2 heterocycles. The van der Waals surface area contributed by atoms with Crippen molar-refractivity contribution in [3.05, 3.63) is 52.6 Å². The summed E-state index contributed by atoms with van der Waals surface area (Å²) < 4.78 is 0. The smallest absolute Gasteiger partial charge is 0.332 e. The maximum atomic E-state index is 12.6. The Morgan fingerprint density at radius 2 is 2.04 bits per heavy atom. The van der Waals surface area contributed by atoms with E-state index in [0.717, 1.165) is 11.4 Å². The number of carbonyl (C=O) groups is 2. The molecule has 2 aromatic rings. The molecule has 25 heavy (non-hydrogen) atoms. The molecule has 0 fully saturated rings. The number of benzene rings is 1. The second kappa shape index (κ2) is 7.31. The number of nitrogens with one attached hydrogen (secondary N) is 1. The van der Waals surface area contributed by atoms with E-state index in [1.54, 1.807) is 0 Å². The highest BCUT2D eigenvalue weighted by atomic mass is 32.2. The molecule has 1 aromatic carbocycles. The summed E-state index contributed by atoms with van der Waals surface area (Å²) in [4.78, 5) is 32.7. The molecule has 0 radical (unpaired) electrons. The van der Waals surface area contributed by atoms with Crippen LogP contribution in [-0.2, 0) is 21.8 Å². The predicted octanol–water partition coefficient (Wildman–Crippen LogP) is 2.47. The van der Waals surface area contributed by atoms with Crippen LogP contribution in [0.15, 0.2) is 24.5 Å². The van der Waals surface area contributed by atoms with Crippen molar-refractivity contribution in [1.29, 1.82) is 0 Å². The number of aryl methyl sites for hydroxylation is 2. The van der Waals surface area contributed by atoms with Crippen LogP contribution in [0.5, 0.6) is 0 Å². The van der Waals surface area contributed by atoms with Crippen molar-refractivity contribution in [3.8, 4) is 0 Å². The number of rotatable bonds is 5. The van der Waals surface area contributed by atoms with Crippen molar-refractivity contribution < 1.29 is 14.7 Å². The van der Waals surface area contributed by atoms with E-state index >= 15 is 0 Å². The van der Waals surface area contributed by atoms with Gasteiger partial charge in [0.15, 0.2) is 6.04 Å².